The summed E-state index contributed by atoms with van der Waals surface area (Å²) >= 11 is 0. The maximum Gasteiger partial charge on any atom is 0.220 e. The van der Waals surface area contributed by atoms with Crippen LogP contribution in [0.4, 0.5) is 0 Å². The summed E-state index contributed by atoms with van der Waals surface area (Å²) in [5, 5.41) is 19.3. The average molecular weight is 235 g/mol. The van der Waals surface area contributed by atoms with Gasteiger partial charge in [0.1, 0.15) is 6.10 Å². The second-order valence-corrected chi connectivity index (χ2v) is 4.08. The minimum atomic E-state index is -1.18. The molecule has 17 heavy (non-hydrogen) atoms. The molecule has 0 fully saturated rings. The molecule has 2 atom stereocenters. The molecule has 1 amide bonds. The van der Waals surface area contributed by atoms with Crippen LogP contribution in [0.25, 0.3) is 5.57 Å². The number of nitrogens with two attached hydrogens (primary N) is 1. The molecule has 0 aliphatic rings. The minimum Gasteiger partial charge on any atom is -0.390 e. The SMILES string of the molecule is C=C(C)c1ccc(C(O)C(O)CC(N)=O)cc1. The number of allylic oxidation sites excluding steroid dienone is 1. The Morgan fingerprint density at radius 1 is 1.35 bits per heavy atom. The first-order chi connectivity index (χ1) is 7.91. The van der Waals surface area contributed by atoms with E-state index in [1.165, 1.54) is 0 Å². The number of hydrogen-bond donors (Lipinski definition) is 3. The molecule has 0 aromatic heterocycles. The third kappa shape index (κ3) is 3.69. The van der Waals surface area contributed by atoms with E-state index in [0.717, 1.165) is 11.1 Å². The maximum absolute atomic E-state index is 10.6. The number of amides is 1. The van der Waals surface area contributed by atoms with Gasteiger partial charge in [-0.2, -0.15) is 0 Å². The monoisotopic (exact) mass is 235 g/mol. The van der Waals surface area contributed by atoms with Crippen molar-refractivity contribution in [2.75, 3.05) is 0 Å². The summed E-state index contributed by atoms with van der Waals surface area (Å²) in [5.74, 6) is -0.643. The van der Waals surface area contributed by atoms with Crippen molar-refractivity contribution < 1.29 is 15.0 Å². The molecular weight excluding hydrogens is 218 g/mol. The van der Waals surface area contributed by atoms with Gasteiger partial charge in [-0.3, -0.25) is 4.79 Å². The van der Waals surface area contributed by atoms with Crippen molar-refractivity contribution >= 4 is 11.5 Å². The van der Waals surface area contributed by atoms with E-state index >= 15 is 0 Å². The molecule has 0 saturated carbocycles. The van der Waals surface area contributed by atoms with Crippen LogP contribution in [0.3, 0.4) is 0 Å². The standard InChI is InChI=1S/C13H17NO3/c1-8(2)9-3-5-10(6-4-9)13(17)11(15)7-12(14)16/h3-6,11,13,15,17H,1,7H2,2H3,(H2,14,16). The summed E-state index contributed by atoms with van der Waals surface area (Å²) in [6.45, 7) is 5.68. The van der Waals surface area contributed by atoms with Gasteiger partial charge < -0.3 is 15.9 Å². The van der Waals surface area contributed by atoms with Crippen LogP contribution in [0.2, 0.25) is 0 Å². The van der Waals surface area contributed by atoms with Gasteiger partial charge in [-0.15, -0.1) is 0 Å². The Bertz CT molecular complexity index is 411. The van der Waals surface area contributed by atoms with Crippen LogP contribution in [-0.2, 0) is 4.79 Å². The Morgan fingerprint density at radius 3 is 2.29 bits per heavy atom. The molecule has 0 aliphatic heterocycles. The molecular formula is C13H17NO3. The first kappa shape index (κ1) is 13.4. The summed E-state index contributed by atoms with van der Waals surface area (Å²) in [6.07, 6.45) is -2.55. The van der Waals surface area contributed by atoms with E-state index < -0.39 is 18.1 Å². The van der Waals surface area contributed by atoms with E-state index in [2.05, 4.69) is 6.58 Å². The predicted molar refractivity (Wildman–Crippen MR) is 65.9 cm³/mol. The Kier molecular flexibility index (Phi) is 4.43. The van der Waals surface area contributed by atoms with Crippen LogP contribution in [-0.4, -0.2) is 22.2 Å². The van der Waals surface area contributed by atoms with Crippen LogP contribution in [0.1, 0.15) is 30.6 Å². The molecule has 4 N–H and O–H groups in total. The highest BCUT2D eigenvalue weighted by Gasteiger charge is 2.20. The zero-order valence-electron chi connectivity index (χ0n) is 9.76. The van der Waals surface area contributed by atoms with Crippen molar-refractivity contribution in [2.24, 2.45) is 5.73 Å². The summed E-state index contributed by atoms with van der Waals surface area (Å²) in [7, 11) is 0. The van der Waals surface area contributed by atoms with Gasteiger partial charge in [0, 0.05) is 0 Å². The van der Waals surface area contributed by atoms with Crippen molar-refractivity contribution in [3.63, 3.8) is 0 Å². The van der Waals surface area contributed by atoms with Crippen LogP contribution < -0.4 is 5.73 Å². The molecule has 1 rings (SSSR count). The minimum absolute atomic E-state index is 0.261. The quantitative estimate of drug-likeness (QED) is 0.711. The van der Waals surface area contributed by atoms with Gasteiger partial charge in [0.2, 0.25) is 5.91 Å². The normalized spacial score (nSPS) is 14.1. The molecule has 0 bridgehead atoms. The average Bonchev–Trinajstić information content (AvgIpc) is 2.27. The lowest BCUT2D eigenvalue weighted by Gasteiger charge is -2.17. The molecule has 1 aromatic carbocycles. The Morgan fingerprint density at radius 2 is 1.88 bits per heavy atom. The summed E-state index contributed by atoms with van der Waals surface area (Å²) in [4.78, 5) is 10.6. The topological polar surface area (TPSA) is 83.6 Å². The van der Waals surface area contributed by atoms with Crippen molar-refractivity contribution in [1.29, 1.82) is 0 Å². The van der Waals surface area contributed by atoms with Gasteiger partial charge >= 0.3 is 0 Å². The Hall–Kier alpha value is -1.65. The van der Waals surface area contributed by atoms with E-state index in [1.54, 1.807) is 24.3 Å². The number of benzene rings is 1. The fourth-order valence-electron chi connectivity index (χ4n) is 1.50. The largest absolute Gasteiger partial charge is 0.390 e. The van der Waals surface area contributed by atoms with Crippen LogP contribution >= 0.6 is 0 Å². The number of carbonyl (C=O) groups excluding carboxylic acids is 1. The first-order valence-electron chi connectivity index (χ1n) is 5.32. The molecule has 0 aliphatic carbocycles. The fourth-order valence-corrected chi connectivity index (χ4v) is 1.50. The smallest absolute Gasteiger partial charge is 0.220 e. The summed E-state index contributed by atoms with van der Waals surface area (Å²) in [6, 6.07) is 6.99. The van der Waals surface area contributed by atoms with Crippen molar-refractivity contribution in [1.82, 2.24) is 0 Å². The lowest BCUT2D eigenvalue weighted by Crippen LogP contribution is -2.25. The Labute approximate surface area is 100 Å². The highest BCUT2D eigenvalue weighted by atomic mass is 16.3. The number of carbonyl (C=O) groups is 1. The molecule has 2 unspecified atom stereocenters. The van der Waals surface area contributed by atoms with Gasteiger partial charge in [0.05, 0.1) is 12.5 Å². The molecule has 0 saturated heterocycles. The molecule has 0 spiro atoms. The summed E-state index contributed by atoms with van der Waals surface area (Å²) < 4.78 is 0. The third-order valence-corrected chi connectivity index (χ3v) is 2.52. The first-order valence-corrected chi connectivity index (χ1v) is 5.32. The highest BCUT2D eigenvalue weighted by Crippen LogP contribution is 2.21. The van der Waals surface area contributed by atoms with Gasteiger partial charge in [-0.25, -0.2) is 0 Å². The number of aliphatic hydroxyl groups is 2. The maximum atomic E-state index is 10.6. The second-order valence-electron chi connectivity index (χ2n) is 4.08. The fraction of sp³-hybridized carbons (Fsp3) is 0.308. The van der Waals surface area contributed by atoms with E-state index in [4.69, 9.17) is 5.73 Å². The summed E-state index contributed by atoms with van der Waals surface area (Å²) in [5.41, 5.74) is 7.38. The zero-order valence-corrected chi connectivity index (χ0v) is 9.76. The lowest BCUT2D eigenvalue weighted by atomic mass is 9.99. The van der Waals surface area contributed by atoms with E-state index in [-0.39, 0.29) is 6.42 Å². The van der Waals surface area contributed by atoms with Crippen molar-refractivity contribution in [3.8, 4) is 0 Å². The third-order valence-electron chi connectivity index (χ3n) is 2.52. The number of primary amides is 1. The van der Waals surface area contributed by atoms with Crippen LogP contribution in [0, 0.1) is 0 Å². The molecule has 1 aromatic rings. The molecule has 4 nitrogen and oxygen atoms in total. The van der Waals surface area contributed by atoms with Crippen molar-refractivity contribution in [2.45, 2.75) is 25.6 Å². The van der Waals surface area contributed by atoms with Gasteiger partial charge in [-0.1, -0.05) is 36.4 Å². The molecule has 4 heteroatoms. The number of aliphatic hydroxyl groups excluding tert-OH is 2. The number of rotatable bonds is 5. The second kappa shape index (κ2) is 5.61. The predicted octanol–water partition coefficient (Wildman–Crippen LogP) is 0.989. The van der Waals surface area contributed by atoms with Crippen molar-refractivity contribution in [3.05, 3.63) is 42.0 Å². The van der Waals surface area contributed by atoms with E-state index in [9.17, 15) is 15.0 Å². The van der Waals surface area contributed by atoms with Gasteiger partial charge in [-0.05, 0) is 18.1 Å². The molecule has 92 valence electrons. The number of hydrogen-bond acceptors (Lipinski definition) is 3. The van der Waals surface area contributed by atoms with Crippen LogP contribution in [0.5, 0.6) is 0 Å². The highest BCUT2D eigenvalue weighted by molar-refractivity contribution is 5.74. The molecule has 0 radical (unpaired) electrons. The van der Waals surface area contributed by atoms with Crippen LogP contribution in [0.15, 0.2) is 30.8 Å². The Balaban J connectivity index is 2.78. The van der Waals surface area contributed by atoms with E-state index in [0.29, 0.717) is 5.56 Å². The van der Waals surface area contributed by atoms with Gasteiger partial charge in [0.25, 0.3) is 0 Å². The zero-order chi connectivity index (χ0) is 13.0. The molecule has 0 heterocycles. The van der Waals surface area contributed by atoms with Gasteiger partial charge in [0.15, 0.2) is 0 Å². The lowest BCUT2D eigenvalue weighted by molar-refractivity contribution is -0.121. The van der Waals surface area contributed by atoms with E-state index in [1.807, 2.05) is 6.92 Å².